The fourth-order valence-corrected chi connectivity index (χ4v) is 2.17. The molecule has 6 nitrogen and oxygen atoms in total. The van der Waals surface area contributed by atoms with Gasteiger partial charge in [-0.15, -0.1) is 0 Å². The minimum atomic E-state index is -3.85. The molecule has 112 valence electrons. The molecule has 7 heteroatoms. The molecule has 0 bridgehead atoms. The van der Waals surface area contributed by atoms with Gasteiger partial charge in [0.1, 0.15) is 0 Å². The normalized spacial score (nSPS) is 11.4. The van der Waals surface area contributed by atoms with Crippen LogP contribution >= 0.6 is 0 Å². The second kappa shape index (κ2) is 6.71. The molecule has 1 aromatic rings. The van der Waals surface area contributed by atoms with Gasteiger partial charge in [0.05, 0.1) is 17.6 Å². The van der Waals surface area contributed by atoms with Crippen LogP contribution in [0.5, 0.6) is 0 Å². The van der Waals surface area contributed by atoms with Gasteiger partial charge < -0.3 is 10.1 Å². The maximum Gasteiger partial charge on any atom is 0.340 e. The Bertz CT molecular complexity index is 582. The molecule has 0 fully saturated rings. The van der Waals surface area contributed by atoms with Crippen molar-refractivity contribution in [2.75, 3.05) is 19.0 Å². The van der Waals surface area contributed by atoms with Crippen LogP contribution in [0, 0.1) is 5.92 Å². The van der Waals surface area contributed by atoms with E-state index in [2.05, 4.69) is 23.9 Å². The van der Waals surface area contributed by atoms with Gasteiger partial charge >= 0.3 is 5.97 Å². The molecule has 0 heterocycles. The summed E-state index contributed by atoms with van der Waals surface area (Å²) in [6.07, 6.45) is 0.928. The Kier molecular flexibility index (Phi) is 5.52. The number of esters is 1. The summed E-state index contributed by atoms with van der Waals surface area (Å²) in [6, 6.07) is 4.10. The monoisotopic (exact) mass is 300 g/mol. The van der Waals surface area contributed by atoms with Crippen LogP contribution in [0.2, 0.25) is 0 Å². The number of ether oxygens (including phenoxy) is 1. The molecule has 0 unspecified atom stereocenters. The SMILES string of the molecule is COC(=O)c1cc(S(N)(=O)=O)ccc1NCCC(C)C. The molecule has 1 aromatic carbocycles. The number of methoxy groups -OCH3 is 1. The van der Waals surface area contributed by atoms with E-state index >= 15 is 0 Å². The second-order valence-electron chi connectivity index (χ2n) is 4.85. The Morgan fingerprint density at radius 1 is 1.40 bits per heavy atom. The number of nitrogens with two attached hydrogens (primary N) is 1. The zero-order chi connectivity index (χ0) is 15.3. The summed E-state index contributed by atoms with van der Waals surface area (Å²) >= 11 is 0. The third-order valence-corrected chi connectivity index (χ3v) is 3.67. The number of carbonyl (C=O) groups excluding carboxylic acids is 1. The van der Waals surface area contributed by atoms with Gasteiger partial charge in [-0.25, -0.2) is 18.4 Å². The molecule has 0 aliphatic rings. The molecule has 0 saturated carbocycles. The van der Waals surface area contributed by atoms with Crippen LogP contribution in [0.25, 0.3) is 0 Å². The quantitative estimate of drug-likeness (QED) is 0.777. The molecule has 0 aliphatic heterocycles. The average Bonchev–Trinajstić information content (AvgIpc) is 2.36. The maximum absolute atomic E-state index is 11.7. The summed E-state index contributed by atoms with van der Waals surface area (Å²) in [5, 5.41) is 8.16. The van der Waals surface area contributed by atoms with E-state index in [1.165, 1.54) is 25.3 Å². The van der Waals surface area contributed by atoms with E-state index in [0.717, 1.165) is 6.42 Å². The number of hydrogen-bond donors (Lipinski definition) is 2. The Morgan fingerprint density at radius 3 is 2.55 bits per heavy atom. The lowest BCUT2D eigenvalue weighted by Gasteiger charge is -2.13. The Hall–Kier alpha value is -1.60. The summed E-state index contributed by atoms with van der Waals surface area (Å²) in [5.41, 5.74) is 0.688. The van der Waals surface area contributed by atoms with Gasteiger partial charge in [-0.2, -0.15) is 0 Å². The van der Waals surface area contributed by atoms with Crippen molar-refractivity contribution in [1.82, 2.24) is 0 Å². The van der Waals surface area contributed by atoms with Crippen LogP contribution in [-0.2, 0) is 14.8 Å². The standard InChI is InChI=1S/C13H20N2O4S/c1-9(2)6-7-15-12-5-4-10(20(14,17)18)8-11(12)13(16)19-3/h4-5,8-9,15H,6-7H2,1-3H3,(H2,14,17,18). The van der Waals surface area contributed by atoms with Crippen molar-refractivity contribution in [2.24, 2.45) is 11.1 Å². The van der Waals surface area contributed by atoms with Gasteiger partial charge in [-0.1, -0.05) is 13.8 Å². The van der Waals surface area contributed by atoms with Crippen molar-refractivity contribution in [1.29, 1.82) is 0 Å². The minimum absolute atomic E-state index is 0.118. The summed E-state index contributed by atoms with van der Waals surface area (Å²) in [5.74, 6) is -0.0877. The van der Waals surface area contributed by atoms with Crippen LogP contribution in [0.15, 0.2) is 23.1 Å². The third kappa shape index (κ3) is 4.50. The van der Waals surface area contributed by atoms with E-state index in [1.807, 2.05) is 0 Å². The number of anilines is 1. The molecule has 0 aliphatic carbocycles. The lowest BCUT2D eigenvalue weighted by atomic mass is 10.1. The summed E-state index contributed by atoms with van der Waals surface area (Å²) in [6.45, 7) is 4.86. The van der Waals surface area contributed by atoms with Crippen LogP contribution in [0.4, 0.5) is 5.69 Å². The molecule has 20 heavy (non-hydrogen) atoms. The smallest absolute Gasteiger partial charge is 0.340 e. The molecule has 0 saturated heterocycles. The molecule has 0 atom stereocenters. The minimum Gasteiger partial charge on any atom is -0.465 e. The van der Waals surface area contributed by atoms with E-state index in [4.69, 9.17) is 5.14 Å². The first-order valence-electron chi connectivity index (χ1n) is 6.24. The summed E-state index contributed by atoms with van der Waals surface area (Å²) in [7, 11) is -2.61. The molecule has 3 N–H and O–H groups in total. The lowest BCUT2D eigenvalue weighted by molar-refractivity contribution is 0.0601. The molecular weight excluding hydrogens is 280 g/mol. The molecule has 0 spiro atoms. The average molecular weight is 300 g/mol. The summed E-state index contributed by atoms with van der Waals surface area (Å²) in [4.78, 5) is 11.6. The van der Waals surface area contributed by atoms with E-state index in [0.29, 0.717) is 18.2 Å². The molecule has 0 amide bonds. The van der Waals surface area contributed by atoms with Crippen molar-refractivity contribution in [3.63, 3.8) is 0 Å². The first kappa shape index (κ1) is 16.5. The molecule has 0 aromatic heterocycles. The van der Waals surface area contributed by atoms with Gasteiger partial charge in [0.2, 0.25) is 10.0 Å². The zero-order valence-electron chi connectivity index (χ0n) is 11.8. The van der Waals surface area contributed by atoms with Crippen molar-refractivity contribution in [3.8, 4) is 0 Å². The Morgan fingerprint density at radius 2 is 2.05 bits per heavy atom. The second-order valence-corrected chi connectivity index (χ2v) is 6.41. The molecule has 0 radical (unpaired) electrons. The Labute approximate surface area is 119 Å². The number of nitrogens with one attached hydrogen (secondary N) is 1. The van der Waals surface area contributed by atoms with Crippen LogP contribution in [0.3, 0.4) is 0 Å². The Balaban J connectivity index is 3.08. The van der Waals surface area contributed by atoms with Crippen molar-refractivity contribution >= 4 is 21.7 Å². The molecule has 1 rings (SSSR count). The van der Waals surface area contributed by atoms with Gasteiger partial charge in [0, 0.05) is 12.2 Å². The highest BCUT2D eigenvalue weighted by atomic mass is 32.2. The topological polar surface area (TPSA) is 98.5 Å². The maximum atomic E-state index is 11.7. The molecular formula is C13H20N2O4S. The van der Waals surface area contributed by atoms with E-state index in [-0.39, 0.29) is 10.5 Å². The lowest BCUT2D eigenvalue weighted by Crippen LogP contribution is -2.15. The predicted octanol–water partition coefficient (Wildman–Crippen LogP) is 1.58. The van der Waals surface area contributed by atoms with Crippen LogP contribution in [0.1, 0.15) is 30.6 Å². The highest BCUT2D eigenvalue weighted by Gasteiger charge is 2.17. The predicted molar refractivity (Wildman–Crippen MR) is 77.1 cm³/mol. The van der Waals surface area contributed by atoms with Crippen LogP contribution < -0.4 is 10.5 Å². The van der Waals surface area contributed by atoms with Gasteiger partial charge in [0.15, 0.2) is 0 Å². The third-order valence-electron chi connectivity index (χ3n) is 2.76. The highest BCUT2D eigenvalue weighted by molar-refractivity contribution is 7.89. The first-order chi connectivity index (χ1) is 9.25. The number of carbonyl (C=O) groups is 1. The van der Waals surface area contributed by atoms with Gasteiger partial charge in [0.25, 0.3) is 0 Å². The number of benzene rings is 1. The largest absolute Gasteiger partial charge is 0.465 e. The fraction of sp³-hybridized carbons (Fsp3) is 0.462. The van der Waals surface area contributed by atoms with Crippen molar-refractivity contribution in [3.05, 3.63) is 23.8 Å². The van der Waals surface area contributed by atoms with Crippen molar-refractivity contribution < 1.29 is 17.9 Å². The van der Waals surface area contributed by atoms with Crippen molar-refractivity contribution in [2.45, 2.75) is 25.2 Å². The summed E-state index contributed by atoms with van der Waals surface area (Å²) < 4.78 is 27.3. The van der Waals surface area contributed by atoms with Crippen LogP contribution in [-0.4, -0.2) is 28.0 Å². The first-order valence-corrected chi connectivity index (χ1v) is 7.79. The number of sulfonamides is 1. The number of hydrogen-bond acceptors (Lipinski definition) is 5. The number of primary sulfonamides is 1. The van der Waals surface area contributed by atoms with Gasteiger partial charge in [-0.3, -0.25) is 0 Å². The van der Waals surface area contributed by atoms with E-state index in [9.17, 15) is 13.2 Å². The fourth-order valence-electron chi connectivity index (χ4n) is 1.63. The highest BCUT2D eigenvalue weighted by Crippen LogP contribution is 2.21. The van der Waals surface area contributed by atoms with E-state index in [1.54, 1.807) is 0 Å². The van der Waals surface area contributed by atoms with Gasteiger partial charge in [-0.05, 0) is 30.5 Å². The number of rotatable bonds is 6. The zero-order valence-corrected chi connectivity index (χ0v) is 12.7. The van der Waals surface area contributed by atoms with E-state index < -0.39 is 16.0 Å².